The van der Waals surface area contributed by atoms with Crippen molar-refractivity contribution in [3.05, 3.63) is 23.8 Å². The number of aryl methyl sites for hydroxylation is 1. The van der Waals surface area contributed by atoms with Gasteiger partial charge in [-0.15, -0.1) is 0 Å². The predicted octanol–water partition coefficient (Wildman–Crippen LogP) is 2.83. The number of hydrogen-bond donors (Lipinski definition) is 0. The van der Waals surface area contributed by atoms with Gasteiger partial charge in [-0.2, -0.15) is 13.2 Å². The Kier molecular flexibility index (Phi) is 4.37. The van der Waals surface area contributed by atoms with E-state index in [2.05, 4.69) is 9.97 Å². The van der Waals surface area contributed by atoms with E-state index in [9.17, 15) is 13.2 Å². The Morgan fingerprint density at radius 3 is 2.08 bits per heavy atom. The second-order valence-corrected chi connectivity index (χ2v) is 2.02. The van der Waals surface area contributed by atoms with Gasteiger partial charge in [0.2, 0.25) is 5.82 Å². The molecule has 0 radical (unpaired) electrons. The molecule has 2 nitrogen and oxygen atoms in total. The fourth-order valence-electron chi connectivity index (χ4n) is 0.585. The van der Waals surface area contributed by atoms with Crippen molar-refractivity contribution < 1.29 is 13.2 Å². The van der Waals surface area contributed by atoms with Gasteiger partial charge < -0.3 is 0 Å². The Morgan fingerprint density at radius 2 is 1.77 bits per heavy atom. The highest BCUT2D eigenvalue weighted by molar-refractivity contribution is 5.01. The van der Waals surface area contributed by atoms with Gasteiger partial charge in [-0.25, -0.2) is 9.97 Å². The highest BCUT2D eigenvalue weighted by Crippen LogP contribution is 2.25. The van der Waals surface area contributed by atoms with Crippen LogP contribution in [0.5, 0.6) is 0 Å². The third kappa shape index (κ3) is 3.87. The summed E-state index contributed by atoms with van der Waals surface area (Å²) in [5.41, 5.74) is 0.312. The number of nitrogens with zero attached hydrogens (tertiary/aromatic N) is 2. The van der Waals surface area contributed by atoms with E-state index in [4.69, 9.17) is 0 Å². The number of aromatic nitrogens is 2. The van der Waals surface area contributed by atoms with Gasteiger partial charge >= 0.3 is 6.18 Å². The van der Waals surface area contributed by atoms with Gasteiger partial charge in [-0.3, -0.25) is 0 Å². The van der Waals surface area contributed by atoms with Gasteiger partial charge in [0.25, 0.3) is 0 Å². The Bertz CT molecular complexity index is 258. The lowest BCUT2D eigenvalue weighted by molar-refractivity contribution is -0.145. The minimum absolute atomic E-state index is 0.312. The maximum atomic E-state index is 11.8. The van der Waals surface area contributed by atoms with E-state index in [1.54, 1.807) is 0 Å². The standard InChI is InChI=1S/C6H5F3N2.C2H6/c1-4-2-3-10-5(11-4)6(7,8)9;1-2/h2-3H,1H3;1-2H3. The van der Waals surface area contributed by atoms with E-state index in [-0.39, 0.29) is 0 Å². The molecule has 0 fully saturated rings. The molecule has 0 spiro atoms. The van der Waals surface area contributed by atoms with Gasteiger partial charge in [-0.1, -0.05) is 13.8 Å². The van der Waals surface area contributed by atoms with Crippen LogP contribution in [0.4, 0.5) is 13.2 Å². The zero-order valence-corrected chi connectivity index (χ0v) is 7.68. The van der Waals surface area contributed by atoms with Crippen LogP contribution in [-0.2, 0) is 6.18 Å². The topological polar surface area (TPSA) is 25.8 Å². The summed E-state index contributed by atoms with van der Waals surface area (Å²) in [6, 6.07) is 1.41. The molecule has 0 aliphatic rings. The molecule has 5 heteroatoms. The van der Waals surface area contributed by atoms with Crippen LogP contribution in [0.25, 0.3) is 0 Å². The molecule has 1 heterocycles. The summed E-state index contributed by atoms with van der Waals surface area (Å²) in [5.74, 6) is -1.09. The molecule has 1 aromatic rings. The van der Waals surface area contributed by atoms with Gasteiger partial charge in [-0.05, 0) is 13.0 Å². The first-order valence-corrected chi connectivity index (χ1v) is 3.87. The minimum atomic E-state index is -4.44. The smallest absolute Gasteiger partial charge is 0.233 e. The highest BCUT2D eigenvalue weighted by Gasteiger charge is 2.34. The van der Waals surface area contributed by atoms with Crippen molar-refractivity contribution in [3.63, 3.8) is 0 Å². The molecule has 0 bridgehead atoms. The van der Waals surface area contributed by atoms with Crippen LogP contribution < -0.4 is 0 Å². The van der Waals surface area contributed by atoms with E-state index >= 15 is 0 Å². The molecule has 0 amide bonds. The molecule has 0 unspecified atom stereocenters. The van der Waals surface area contributed by atoms with Crippen LogP contribution in [0.15, 0.2) is 12.3 Å². The third-order valence-corrected chi connectivity index (χ3v) is 1.05. The highest BCUT2D eigenvalue weighted by atomic mass is 19.4. The molecule has 0 aromatic carbocycles. The zero-order valence-electron chi connectivity index (χ0n) is 7.68. The van der Waals surface area contributed by atoms with Crippen molar-refractivity contribution in [1.82, 2.24) is 9.97 Å². The number of halogens is 3. The molecule has 0 saturated heterocycles. The Labute approximate surface area is 74.8 Å². The van der Waals surface area contributed by atoms with Crippen molar-refractivity contribution in [1.29, 1.82) is 0 Å². The monoisotopic (exact) mass is 192 g/mol. The van der Waals surface area contributed by atoms with Crippen LogP contribution in [0.2, 0.25) is 0 Å². The Balaban J connectivity index is 0.000000671. The third-order valence-electron chi connectivity index (χ3n) is 1.05. The molecular weight excluding hydrogens is 181 g/mol. The molecule has 13 heavy (non-hydrogen) atoms. The van der Waals surface area contributed by atoms with Crippen molar-refractivity contribution in [2.45, 2.75) is 26.9 Å². The lowest BCUT2D eigenvalue weighted by Crippen LogP contribution is -2.10. The van der Waals surface area contributed by atoms with Crippen molar-refractivity contribution in [2.24, 2.45) is 0 Å². The molecule has 0 aliphatic carbocycles. The molecule has 0 atom stereocenters. The predicted molar refractivity (Wildman–Crippen MR) is 43.1 cm³/mol. The lowest BCUT2D eigenvalue weighted by Gasteiger charge is -2.03. The van der Waals surface area contributed by atoms with Crippen LogP contribution in [0, 0.1) is 6.92 Å². The first kappa shape index (κ1) is 11.9. The summed E-state index contributed by atoms with van der Waals surface area (Å²) in [5, 5.41) is 0. The van der Waals surface area contributed by atoms with E-state index in [1.807, 2.05) is 13.8 Å². The van der Waals surface area contributed by atoms with Gasteiger partial charge in [0.1, 0.15) is 0 Å². The average molecular weight is 192 g/mol. The summed E-state index contributed by atoms with van der Waals surface area (Å²) in [7, 11) is 0. The van der Waals surface area contributed by atoms with Crippen molar-refractivity contribution >= 4 is 0 Å². The largest absolute Gasteiger partial charge is 0.451 e. The van der Waals surface area contributed by atoms with Crippen LogP contribution in [0.3, 0.4) is 0 Å². The summed E-state index contributed by atoms with van der Waals surface area (Å²) >= 11 is 0. The molecule has 1 aromatic heterocycles. The summed E-state index contributed by atoms with van der Waals surface area (Å²) in [6.07, 6.45) is -3.35. The van der Waals surface area contributed by atoms with Gasteiger partial charge in [0.05, 0.1) is 0 Å². The van der Waals surface area contributed by atoms with Gasteiger partial charge in [0, 0.05) is 11.9 Å². The first-order chi connectivity index (χ1) is 6.00. The molecule has 0 saturated carbocycles. The molecule has 74 valence electrons. The number of alkyl halides is 3. The van der Waals surface area contributed by atoms with Gasteiger partial charge in [0.15, 0.2) is 0 Å². The summed E-state index contributed by atoms with van der Waals surface area (Å²) in [4.78, 5) is 6.28. The molecule has 1 rings (SSSR count). The van der Waals surface area contributed by atoms with Crippen molar-refractivity contribution in [3.8, 4) is 0 Å². The van der Waals surface area contributed by atoms with Crippen LogP contribution >= 0.6 is 0 Å². The quantitative estimate of drug-likeness (QED) is 0.631. The lowest BCUT2D eigenvalue weighted by atomic mass is 10.4. The summed E-state index contributed by atoms with van der Waals surface area (Å²) in [6.45, 7) is 5.48. The SMILES string of the molecule is CC.Cc1ccnc(C(F)(F)F)n1. The van der Waals surface area contributed by atoms with Crippen LogP contribution in [-0.4, -0.2) is 9.97 Å². The zero-order chi connectivity index (χ0) is 10.5. The van der Waals surface area contributed by atoms with E-state index < -0.39 is 12.0 Å². The maximum absolute atomic E-state index is 11.8. The van der Waals surface area contributed by atoms with E-state index in [0.717, 1.165) is 6.20 Å². The molecule has 0 N–H and O–H groups in total. The van der Waals surface area contributed by atoms with E-state index in [0.29, 0.717) is 5.69 Å². The normalized spacial score (nSPS) is 10.3. The minimum Gasteiger partial charge on any atom is -0.233 e. The first-order valence-electron chi connectivity index (χ1n) is 3.87. The average Bonchev–Trinajstić information content (AvgIpc) is 2.06. The molecular formula is C8H11F3N2. The number of hydrogen-bond acceptors (Lipinski definition) is 2. The van der Waals surface area contributed by atoms with Crippen molar-refractivity contribution in [2.75, 3.05) is 0 Å². The number of rotatable bonds is 0. The second-order valence-electron chi connectivity index (χ2n) is 2.02. The summed E-state index contributed by atoms with van der Waals surface area (Å²) < 4.78 is 35.5. The van der Waals surface area contributed by atoms with E-state index in [1.165, 1.54) is 13.0 Å². The fraction of sp³-hybridized carbons (Fsp3) is 0.500. The Hall–Kier alpha value is -1.13. The van der Waals surface area contributed by atoms with Crippen LogP contribution in [0.1, 0.15) is 25.4 Å². The Morgan fingerprint density at radius 1 is 1.23 bits per heavy atom. The molecule has 0 aliphatic heterocycles. The second kappa shape index (κ2) is 4.79. The fourth-order valence-corrected chi connectivity index (χ4v) is 0.585. The maximum Gasteiger partial charge on any atom is 0.451 e.